The quantitative estimate of drug-likeness (QED) is 0.461. The number of amides is 1. The second-order valence-electron chi connectivity index (χ2n) is 6.65. The van der Waals surface area contributed by atoms with Gasteiger partial charge in [-0.15, -0.1) is 11.3 Å². The molecule has 0 radical (unpaired) electrons. The van der Waals surface area contributed by atoms with Crippen molar-refractivity contribution in [3.63, 3.8) is 0 Å². The fourth-order valence-corrected chi connectivity index (χ4v) is 4.04. The third-order valence-corrected chi connectivity index (χ3v) is 5.57. The summed E-state index contributed by atoms with van der Waals surface area (Å²) in [5, 5.41) is 12.6. The van der Waals surface area contributed by atoms with E-state index in [0.717, 1.165) is 15.8 Å². The van der Waals surface area contributed by atoms with E-state index in [1.54, 1.807) is 30.3 Å². The number of fused-ring (bicyclic) bond motifs is 1. The highest BCUT2D eigenvalue weighted by Gasteiger charge is 2.15. The number of nitrogens with one attached hydrogen (secondary N) is 1. The number of thiazole rings is 1. The van der Waals surface area contributed by atoms with Gasteiger partial charge in [0.1, 0.15) is 10.8 Å². The minimum atomic E-state index is -1.08. The van der Waals surface area contributed by atoms with Crippen LogP contribution in [0.3, 0.4) is 0 Å². The molecule has 4 rings (SSSR count). The van der Waals surface area contributed by atoms with Gasteiger partial charge in [0.25, 0.3) is 5.91 Å². The number of aliphatic carboxylic acids is 1. The maximum Gasteiger partial charge on any atom is 0.341 e. The van der Waals surface area contributed by atoms with Crippen LogP contribution in [0.25, 0.3) is 20.8 Å². The summed E-state index contributed by atoms with van der Waals surface area (Å²) in [5.41, 5.74) is 3.47. The smallest absolute Gasteiger partial charge is 0.341 e. The first-order valence-corrected chi connectivity index (χ1v) is 10.0. The number of rotatable bonds is 6. The first kappa shape index (κ1) is 19.6. The van der Waals surface area contributed by atoms with Crippen molar-refractivity contribution in [3.05, 3.63) is 77.9 Å². The molecule has 1 amide bonds. The van der Waals surface area contributed by atoms with Crippen molar-refractivity contribution in [2.75, 3.05) is 11.9 Å². The number of carbonyl (C=O) groups is 2. The lowest BCUT2D eigenvalue weighted by Crippen LogP contribution is -2.14. The number of ether oxygens (including phenoxy) is 1. The Labute approximate surface area is 176 Å². The largest absolute Gasteiger partial charge is 0.481 e. The van der Waals surface area contributed by atoms with Gasteiger partial charge in [-0.1, -0.05) is 30.3 Å². The first-order valence-electron chi connectivity index (χ1n) is 9.23. The van der Waals surface area contributed by atoms with Gasteiger partial charge in [-0.05, 0) is 42.8 Å². The third kappa shape index (κ3) is 4.16. The summed E-state index contributed by atoms with van der Waals surface area (Å²) in [6.07, 6.45) is 0. The number of hydrogen-bond donors (Lipinski definition) is 2. The lowest BCUT2D eigenvalue weighted by molar-refractivity contribution is -0.139. The van der Waals surface area contributed by atoms with Gasteiger partial charge in [0.05, 0.1) is 15.8 Å². The van der Waals surface area contributed by atoms with Gasteiger partial charge in [0.15, 0.2) is 6.61 Å². The van der Waals surface area contributed by atoms with Crippen LogP contribution in [0.5, 0.6) is 5.75 Å². The van der Waals surface area contributed by atoms with Crippen LogP contribution in [0.2, 0.25) is 0 Å². The standard InChI is InChI=1S/C23H18N2O4S/c1-14-6-2-3-7-16(14)22(28)24-15-10-11-17(19(12-15)29-13-21(26)27)23-25-18-8-4-5-9-20(18)30-23/h2-12H,13H2,1H3,(H,24,28)(H,26,27). The SMILES string of the molecule is Cc1ccccc1C(=O)Nc1ccc(-c2nc3ccccc3s2)c(OCC(=O)O)c1. The average molecular weight is 418 g/mol. The molecule has 6 nitrogen and oxygen atoms in total. The number of carboxylic acid groups (broad SMARTS) is 1. The van der Waals surface area contributed by atoms with E-state index in [9.17, 15) is 9.59 Å². The van der Waals surface area contributed by atoms with Crippen LogP contribution in [0, 0.1) is 6.92 Å². The van der Waals surface area contributed by atoms with Gasteiger partial charge in [-0.2, -0.15) is 0 Å². The van der Waals surface area contributed by atoms with Crippen molar-refractivity contribution >= 4 is 39.1 Å². The van der Waals surface area contributed by atoms with Crippen molar-refractivity contribution < 1.29 is 19.4 Å². The highest BCUT2D eigenvalue weighted by atomic mass is 32.1. The van der Waals surface area contributed by atoms with E-state index in [1.165, 1.54) is 11.3 Å². The molecular formula is C23H18N2O4S. The van der Waals surface area contributed by atoms with Crippen LogP contribution in [0.4, 0.5) is 5.69 Å². The lowest BCUT2D eigenvalue weighted by atomic mass is 10.1. The van der Waals surface area contributed by atoms with Crippen LogP contribution in [-0.4, -0.2) is 28.6 Å². The number of benzene rings is 3. The number of carbonyl (C=O) groups excluding carboxylic acids is 1. The number of aromatic nitrogens is 1. The van der Waals surface area contributed by atoms with Crippen molar-refractivity contribution in [2.24, 2.45) is 0 Å². The monoisotopic (exact) mass is 418 g/mol. The normalized spacial score (nSPS) is 10.7. The average Bonchev–Trinajstić information content (AvgIpc) is 3.16. The maximum absolute atomic E-state index is 12.6. The number of aryl methyl sites for hydroxylation is 1. The zero-order chi connectivity index (χ0) is 21.1. The summed E-state index contributed by atoms with van der Waals surface area (Å²) in [6, 6.07) is 20.2. The van der Waals surface area contributed by atoms with Crippen molar-refractivity contribution in [2.45, 2.75) is 6.92 Å². The Morgan fingerprint density at radius 2 is 1.83 bits per heavy atom. The predicted molar refractivity (Wildman–Crippen MR) is 117 cm³/mol. The predicted octanol–water partition coefficient (Wildman–Crippen LogP) is 4.99. The van der Waals surface area contributed by atoms with E-state index in [1.807, 2.05) is 43.3 Å². The zero-order valence-electron chi connectivity index (χ0n) is 16.1. The molecule has 150 valence electrons. The first-order chi connectivity index (χ1) is 14.5. The fraction of sp³-hybridized carbons (Fsp3) is 0.0870. The zero-order valence-corrected chi connectivity index (χ0v) is 16.9. The molecular weight excluding hydrogens is 400 g/mol. The summed E-state index contributed by atoms with van der Waals surface area (Å²) in [7, 11) is 0. The minimum Gasteiger partial charge on any atom is -0.481 e. The van der Waals surface area contributed by atoms with Crippen LogP contribution in [-0.2, 0) is 4.79 Å². The van der Waals surface area contributed by atoms with Crippen molar-refractivity contribution in [3.8, 4) is 16.3 Å². The molecule has 1 aromatic heterocycles. The van der Waals surface area contributed by atoms with Gasteiger partial charge >= 0.3 is 5.97 Å². The summed E-state index contributed by atoms with van der Waals surface area (Å²) < 4.78 is 6.54. The Hall–Kier alpha value is -3.71. The molecule has 0 fully saturated rings. The molecule has 1 heterocycles. The Balaban J connectivity index is 1.68. The molecule has 0 aliphatic heterocycles. The van der Waals surface area contributed by atoms with Crippen molar-refractivity contribution in [1.82, 2.24) is 4.98 Å². The molecule has 7 heteroatoms. The van der Waals surface area contributed by atoms with E-state index >= 15 is 0 Å². The van der Waals surface area contributed by atoms with Gasteiger partial charge in [0.2, 0.25) is 0 Å². The van der Waals surface area contributed by atoms with Crippen LogP contribution in [0.1, 0.15) is 15.9 Å². The second kappa shape index (κ2) is 8.34. The molecule has 0 atom stereocenters. The fourth-order valence-electron chi connectivity index (χ4n) is 3.05. The molecule has 30 heavy (non-hydrogen) atoms. The van der Waals surface area contributed by atoms with Crippen LogP contribution < -0.4 is 10.1 Å². The highest BCUT2D eigenvalue weighted by Crippen LogP contribution is 2.37. The molecule has 4 aromatic rings. The summed E-state index contributed by atoms with van der Waals surface area (Å²) in [5.74, 6) is -0.983. The van der Waals surface area contributed by atoms with Gasteiger partial charge in [-0.25, -0.2) is 9.78 Å². The molecule has 0 saturated heterocycles. The highest BCUT2D eigenvalue weighted by molar-refractivity contribution is 7.21. The Bertz CT molecular complexity index is 1220. The maximum atomic E-state index is 12.6. The number of carboxylic acids is 1. The molecule has 0 spiro atoms. The lowest BCUT2D eigenvalue weighted by Gasteiger charge is -2.12. The second-order valence-corrected chi connectivity index (χ2v) is 7.68. The van der Waals surface area contributed by atoms with Gasteiger partial charge < -0.3 is 15.2 Å². The molecule has 3 aromatic carbocycles. The van der Waals surface area contributed by atoms with E-state index < -0.39 is 12.6 Å². The molecule has 0 saturated carbocycles. The van der Waals surface area contributed by atoms with E-state index in [0.29, 0.717) is 27.6 Å². The van der Waals surface area contributed by atoms with E-state index in [2.05, 4.69) is 10.3 Å². The van der Waals surface area contributed by atoms with Crippen molar-refractivity contribution in [1.29, 1.82) is 0 Å². The molecule has 2 N–H and O–H groups in total. The Kier molecular flexibility index (Phi) is 5.45. The van der Waals surface area contributed by atoms with Crippen LogP contribution in [0.15, 0.2) is 66.7 Å². The van der Waals surface area contributed by atoms with E-state index in [4.69, 9.17) is 9.84 Å². The van der Waals surface area contributed by atoms with E-state index in [-0.39, 0.29) is 5.91 Å². The number of nitrogens with zero attached hydrogens (tertiary/aromatic N) is 1. The molecule has 0 aliphatic rings. The van der Waals surface area contributed by atoms with Gasteiger partial charge in [0, 0.05) is 17.3 Å². The third-order valence-electron chi connectivity index (χ3n) is 4.50. The number of para-hydroxylation sites is 1. The Morgan fingerprint density at radius 3 is 2.60 bits per heavy atom. The molecule has 0 unspecified atom stereocenters. The molecule has 0 aliphatic carbocycles. The topological polar surface area (TPSA) is 88.5 Å². The van der Waals surface area contributed by atoms with Gasteiger partial charge in [-0.3, -0.25) is 4.79 Å². The van der Waals surface area contributed by atoms with Crippen LogP contribution >= 0.6 is 11.3 Å². The molecule has 0 bridgehead atoms. The summed E-state index contributed by atoms with van der Waals surface area (Å²) in [4.78, 5) is 28.3. The minimum absolute atomic E-state index is 0.245. The summed E-state index contributed by atoms with van der Waals surface area (Å²) >= 11 is 1.49. The summed E-state index contributed by atoms with van der Waals surface area (Å²) in [6.45, 7) is 1.37. The number of hydrogen-bond acceptors (Lipinski definition) is 5. The number of anilines is 1. The Morgan fingerprint density at radius 1 is 1.07 bits per heavy atom.